The standard InChI is InChI=1S/C29H31N3O5/c1-4-36-24-16-22(7-8-23(24)37-15-11-19(2)3)26-25(27(33)21-9-13-30-14-10-21)28(34)29(35)32(26)18-20-6-5-12-31-17-20/h5-10,12-14,16-17,19,26,33H,4,11,15,18H2,1-3H3/b27-25+. The highest BCUT2D eigenvalue weighted by Gasteiger charge is 2.46. The second kappa shape index (κ2) is 11.7. The molecule has 0 radical (unpaired) electrons. The maximum absolute atomic E-state index is 13.3. The summed E-state index contributed by atoms with van der Waals surface area (Å²) < 4.78 is 11.8. The molecule has 1 unspecified atom stereocenters. The lowest BCUT2D eigenvalue weighted by Gasteiger charge is -2.26. The molecule has 1 saturated heterocycles. The number of aromatic nitrogens is 2. The maximum atomic E-state index is 13.3. The molecule has 1 atom stereocenters. The monoisotopic (exact) mass is 501 g/mol. The summed E-state index contributed by atoms with van der Waals surface area (Å²) in [4.78, 5) is 36.1. The molecule has 8 nitrogen and oxygen atoms in total. The molecule has 1 aliphatic heterocycles. The van der Waals surface area contributed by atoms with Gasteiger partial charge in [-0.1, -0.05) is 26.0 Å². The van der Waals surface area contributed by atoms with Crippen LogP contribution < -0.4 is 9.47 Å². The molecule has 1 N–H and O–H groups in total. The Kier molecular flexibility index (Phi) is 8.18. The molecule has 0 bridgehead atoms. The Bertz CT molecular complexity index is 1280. The molecule has 1 aliphatic rings. The number of Topliss-reactive ketones (excluding diaryl/α,β-unsaturated/α-hetero) is 1. The summed E-state index contributed by atoms with van der Waals surface area (Å²) in [6, 6.07) is 11.3. The first-order chi connectivity index (χ1) is 17.9. The number of ketones is 1. The van der Waals surface area contributed by atoms with Gasteiger partial charge >= 0.3 is 0 Å². The van der Waals surface area contributed by atoms with E-state index >= 15 is 0 Å². The highest BCUT2D eigenvalue weighted by Crippen LogP contribution is 2.42. The number of aliphatic hydroxyl groups excluding tert-OH is 1. The first-order valence-electron chi connectivity index (χ1n) is 12.4. The van der Waals surface area contributed by atoms with E-state index in [-0.39, 0.29) is 17.9 Å². The minimum absolute atomic E-state index is 0.0102. The Hall–Kier alpha value is -4.20. The van der Waals surface area contributed by atoms with Crippen LogP contribution in [0, 0.1) is 5.92 Å². The Morgan fingerprint density at radius 2 is 1.81 bits per heavy atom. The first-order valence-corrected chi connectivity index (χ1v) is 12.4. The van der Waals surface area contributed by atoms with E-state index < -0.39 is 17.7 Å². The number of likely N-dealkylation sites (tertiary alicyclic amines) is 1. The van der Waals surface area contributed by atoms with Gasteiger partial charge in [-0.25, -0.2) is 0 Å². The smallest absolute Gasteiger partial charge is 0.295 e. The van der Waals surface area contributed by atoms with Gasteiger partial charge in [0.15, 0.2) is 11.5 Å². The van der Waals surface area contributed by atoms with Gasteiger partial charge in [0.1, 0.15) is 5.76 Å². The van der Waals surface area contributed by atoms with Crippen molar-refractivity contribution in [2.75, 3.05) is 13.2 Å². The van der Waals surface area contributed by atoms with Crippen LogP contribution in [0.3, 0.4) is 0 Å². The highest BCUT2D eigenvalue weighted by atomic mass is 16.5. The minimum atomic E-state index is -0.836. The zero-order valence-electron chi connectivity index (χ0n) is 21.3. The molecule has 192 valence electrons. The van der Waals surface area contributed by atoms with Crippen LogP contribution in [-0.4, -0.2) is 44.9 Å². The number of pyridine rings is 2. The SMILES string of the molecule is CCOc1cc(C2/C(=C(\O)c3ccncc3)C(=O)C(=O)N2Cc2cccnc2)ccc1OCCC(C)C. The molecule has 0 saturated carbocycles. The average Bonchev–Trinajstić information content (AvgIpc) is 3.15. The van der Waals surface area contributed by atoms with E-state index in [4.69, 9.17) is 9.47 Å². The zero-order chi connectivity index (χ0) is 26.4. The van der Waals surface area contributed by atoms with Crippen molar-refractivity contribution in [1.82, 2.24) is 14.9 Å². The van der Waals surface area contributed by atoms with E-state index in [1.165, 1.54) is 17.3 Å². The molecule has 8 heteroatoms. The number of hydrogen-bond donors (Lipinski definition) is 1. The van der Waals surface area contributed by atoms with Crippen LogP contribution in [0.25, 0.3) is 5.76 Å². The minimum Gasteiger partial charge on any atom is -0.507 e. The number of benzene rings is 1. The summed E-state index contributed by atoms with van der Waals surface area (Å²) in [5.74, 6) is -0.104. The van der Waals surface area contributed by atoms with E-state index in [0.717, 1.165) is 12.0 Å². The fraction of sp³-hybridized carbons (Fsp3) is 0.310. The predicted molar refractivity (Wildman–Crippen MR) is 139 cm³/mol. The van der Waals surface area contributed by atoms with Gasteiger partial charge in [0.2, 0.25) is 0 Å². The number of carbonyl (C=O) groups excluding carboxylic acids is 2. The van der Waals surface area contributed by atoms with Gasteiger partial charge in [-0.05, 0) is 60.7 Å². The number of hydrogen-bond acceptors (Lipinski definition) is 7. The van der Waals surface area contributed by atoms with Gasteiger partial charge in [0.05, 0.1) is 24.8 Å². The van der Waals surface area contributed by atoms with Crippen molar-refractivity contribution in [3.63, 3.8) is 0 Å². The summed E-state index contributed by atoms with van der Waals surface area (Å²) in [5.41, 5.74) is 1.80. The molecule has 1 fully saturated rings. The summed E-state index contributed by atoms with van der Waals surface area (Å²) in [6.07, 6.45) is 7.23. The van der Waals surface area contributed by atoms with Crippen molar-refractivity contribution in [2.45, 2.75) is 39.8 Å². The van der Waals surface area contributed by atoms with Crippen LogP contribution in [0.2, 0.25) is 0 Å². The molecule has 2 aromatic heterocycles. The number of amides is 1. The number of ether oxygens (including phenoxy) is 2. The number of nitrogens with zero attached hydrogens (tertiary/aromatic N) is 3. The van der Waals surface area contributed by atoms with Crippen LogP contribution in [0.5, 0.6) is 11.5 Å². The molecular formula is C29H31N3O5. The van der Waals surface area contributed by atoms with Crippen LogP contribution in [0.1, 0.15) is 49.9 Å². The summed E-state index contributed by atoms with van der Waals surface area (Å²) in [7, 11) is 0. The fourth-order valence-electron chi connectivity index (χ4n) is 4.23. The van der Waals surface area contributed by atoms with Gasteiger partial charge in [0.25, 0.3) is 11.7 Å². The molecule has 3 aromatic rings. The van der Waals surface area contributed by atoms with Crippen LogP contribution in [0.4, 0.5) is 0 Å². The van der Waals surface area contributed by atoms with Gasteiger partial charge in [-0.3, -0.25) is 19.6 Å². The third-order valence-corrected chi connectivity index (χ3v) is 6.11. The summed E-state index contributed by atoms with van der Waals surface area (Å²) >= 11 is 0. The summed E-state index contributed by atoms with van der Waals surface area (Å²) in [5, 5.41) is 11.2. The number of aliphatic hydroxyl groups is 1. The molecule has 1 aromatic carbocycles. The second-order valence-corrected chi connectivity index (χ2v) is 9.19. The van der Waals surface area contributed by atoms with Gasteiger partial charge in [0, 0.05) is 36.9 Å². The lowest BCUT2D eigenvalue weighted by molar-refractivity contribution is -0.140. The lowest BCUT2D eigenvalue weighted by atomic mass is 9.95. The molecule has 37 heavy (non-hydrogen) atoms. The summed E-state index contributed by atoms with van der Waals surface area (Å²) in [6.45, 7) is 7.23. The van der Waals surface area contributed by atoms with Crippen LogP contribution in [0.15, 0.2) is 72.8 Å². The van der Waals surface area contributed by atoms with Crippen LogP contribution >= 0.6 is 0 Å². The Balaban J connectivity index is 1.81. The van der Waals surface area contributed by atoms with Gasteiger partial charge < -0.3 is 19.5 Å². The molecular weight excluding hydrogens is 470 g/mol. The van der Waals surface area contributed by atoms with Crippen molar-refractivity contribution in [1.29, 1.82) is 0 Å². The van der Waals surface area contributed by atoms with Crippen molar-refractivity contribution >= 4 is 17.4 Å². The van der Waals surface area contributed by atoms with Crippen molar-refractivity contribution in [2.24, 2.45) is 5.92 Å². The molecule has 3 heterocycles. The van der Waals surface area contributed by atoms with Gasteiger partial charge in [-0.15, -0.1) is 0 Å². The average molecular weight is 502 g/mol. The van der Waals surface area contributed by atoms with Crippen molar-refractivity contribution in [3.8, 4) is 11.5 Å². The third-order valence-electron chi connectivity index (χ3n) is 6.11. The van der Waals surface area contributed by atoms with Crippen molar-refractivity contribution in [3.05, 3.63) is 89.5 Å². The maximum Gasteiger partial charge on any atom is 0.295 e. The Morgan fingerprint density at radius 1 is 1.03 bits per heavy atom. The highest BCUT2D eigenvalue weighted by molar-refractivity contribution is 6.46. The largest absolute Gasteiger partial charge is 0.507 e. The Labute approximate surface area is 216 Å². The molecule has 4 rings (SSSR count). The molecule has 0 spiro atoms. The molecule has 0 aliphatic carbocycles. The quantitative estimate of drug-likeness (QED) is 0.239. The lowest BCUT2D eigenvalue weighted by Crippen LogP contribution is -2.29. The first kappa shape index (κ1) is 25.9. The number of carbonyl (C=O) groups is 2. The van der Waals surface area contributed by atoms with E-state index in [0.29, 0.717) is 41.8 Å². The predicted octanol–water partition coefficient (Wildman–Crippen LogP) is 4.92. The number of rotatable bonds is 10. The Morgan fingerprint density at radius 3 is 2.49 bits per heavy atom. The van der Waals surface area contributed by atoms with E-state index in [2.05, 4.69) is 23.8 Å². The van der Waals surface area contributed by atoms with E-state index in [1.54, 1.807) is 48.8 Å². The fourth-order valence-corrected chi connectivity index (χ4v) is 4.23. The normalized spacial score (nSPS) is 16.9. The van der Waals surface area contributed by atoms with E-state index in [9.17, 15) is 14.7 Å². The van der Waals surface area contributed by atoms with Gasteiger partial charge in [-0.2, -0.15) is 0 Å². The zero-order valence-corrected chi connectivity index (χ0v) is 21.3. The molecule has 1 amide bonds. The second-order valence-electron chi connectivity index (χ2n) is 9.19. The van der Waals surface area contributed by atoms with E-state index in [1.807, 2.05) is 13.0 Å². The van der Waals surface area contributed by atoms with Crippen molar-refractivity contribution < 1.29 is 24.2 Å². The topological polar surface area (TPSA) is 102 Å². The van der Waals surface area contributed by atoms with Crippen LogP contribution in [-0.2, 0) is 16.1 Å². The third kappa shape index (κ3) is 5.80.